The number of aromatic amines is 2. The average molecular weight is 1190 g/mol. The monoisotopic (exact) mass is 1190 g/mol. The molecule has 2 aliphatic rings. The van der Waals surface area contributed by atoms with Crippen LogP contribution >= 0.6 is 0 Å². The molecule has 22 nitrogen and oxygen atoms in total. The molecule has 0 atom stereocenters. The molecule has 440 valence electrons. The summed E-state index contributed by atoms with van der Waals surface area (Å²) in [5.74, 6) is 1.75. The molecule has 84 heavy (non-hydrogen) atoms. The third kappa shape index (κ3) is 12.1. The fourth-order valence-electron chi connectivity index (χ4n) is 12.1. The number of H-pyrrole nitrogens is 2. The largest absolute Gasteiger partial charge is 0.478 e. The maximum Gasteiger partial charge on any atom is 0.336 e. The summed E-state index contributed by atoms with van der Waals surface area (Å²) in [6.07, 6.45) is 0. The third-order valence-electron chi connectivity index (χ3n) is 15.0. The number of rotatable bonds is 13. The molecule has 3 aromatic heterocycles. The van der Waals surface area contributed by atoms with Gasteiger partial charge in [0.25, 0.3) is 0 Å². The van der Waals surface area contributed by atoms with Gasteiger partial charge in [0.05, 0.1) is 5.56 Å². The molecule has 0 saturated heterocycles. The van der Waals surface area contributed by atoms with Crippen molar-refractivity contribution in [1.82, 2.24) is 75.7 Å². The Hall–Kier alpha value is -8.59. The van der Waals surface area contributed by atoms with E-state index in [1.807, 2.05) is 134 Å². The van der Waals surface area contributed by atoms with E-state index in [1.54, 1.807) is 12.1 Å². The number of carbonyl (C=O) groups is 1. The van der Waals surface area contributed by atoms with Crippen molar-refractivity contribution in [3.05, 3.63) is 96.6 Å². The van der Waals surface area contributed by atoms with Crippen LogP contribution in [-0.4, -0.2) is 138 Å². The molecule has 11 N–H and O–H groups in total. The number of hydrogen-bond donors (Lipinski definition) is 11. The minimum atomic E-state index is -5.26. The number of aromatic nitrogens is 8. The van der Waals surface area contributed by atoms with Crippen molar-refractivity contribution in [1.29, 1.82) is 21.6 Å². The van der Waals surface area contributed by atoms with E-state index < -0.39 is 21.7 Å². The summed E-state index contributed by atoms with van der Waals surface area (Å²) in [5.41, 5.74) is 5.36. The first-order valence-corrected chi connectivity index (χ1v) is 34.5. The van der Waals surface area contributed by atoms with Crippen molar-refractivity contribution in [3.8, 4) is 45.6 Å². The number of fused-ring (bicyclic) bond motifs is 20. The van der Waals surface area contributed by atoms with Gasteiger partial charge < -0.3 is 15.1 Å². The van der Waals surface area contributed by atoms with Crippen molar-refractivity contribution < 1.29 is 25.6 Å². The zero-order chi connectivity index (χ0) is 61.2. The maximum absolute atomic E-state index is 12.3. The Morgan fingerprint density at radius 3 is 0.976 bits per heavy atom. The fraction of sp³-hybridized carbons (Fsp3) is 0.393. The number of carboxylic acid groups (broad SMARTS) is 1. The minimum Gasteiger partial charge on any atom is -0.478 e. The number of nitrogens with one attached hydrogen (secondary N) is 10. The van der Waals surface area contributed by atoms with Gasteiger partial charge in [-0.25, -0.2) is 34.7 Å². The molecule has 9 rings (SSSR count). The molecule has 4 aromatic carbocycles. The molecule has 8 bridgehead atoms. The van der Waals surface area contributed by atoms with Gasteiger partial charge in [0.2, 0.25) is 0 Å². The molecule has 2 aliphatic heterocycles. The number of benzene rings is 4. The summed E-state index contributed by atoms with van der Waals surface area (Å²) in [6.45, 7) is 32.6. The van der Waals surface area contributed by atoms with Crippen molar-refractivity contribution in [2.45, 2.75) is 159 Å². The Morgan fingerprint density at radius 1 is 0.405 bits per heavy atom. The van der Waals surface area contributed by atoms with Crippen LogP contribution < -0.4 is 21.3 Å². The van der Waals surface area contributed by atoms with E-state index in [-0.39, 0.29) is 77.7 Å². The van der Waals surface area contributed by atoms with Crippen LogP contribution in [0.5, 0.6) is 0 Å². The summed E-state index contributed by atoms with van der Waals surface area (Å²) >= 11 is -5.26. The maximum atomic E-state index is 12.3. The molecular weight excluding hydrogens is 1110 g/mol. The molecular formula is C61H82N20O2Zn. The summed E-state index contributed by atoms with van der Waals surface area (Å²) in [6, 6.07) is 27.8. The summed E-state index contributed by atoms with van der Waals surface area (Å²) < 4.78 is 8.53. The predicted molar refractivity (Wildman–Crippen MR) is 335 cm³/mol. The van der Waals surface area contributed by atoms with Gasteiger partial charge in [0, 0.05) is 43.8 Å². The Bertz CT molecular complexity index is 3660. The van der Waals surface area contributed by atoms with Crippen LogP contribution in [0, 0.1) is 21.6 Å². The van der Waals surface area contributed by atoms with Gasteiger partial charge in [-0.15, -0.1) is 0 Å². The molecule has 7 aromatic rings. The molecule has 0 amide bonds. The molecule has 0 fully saturated rings. The van der Waals surface area contributed by atoms with Crippen LogP contribution in [0.3, 0.4) is 0 Å². The topological polar surface area (TPSA) is 303 Å². The summed E-state index contributed by atoms with van der Waals surface area (Å²) in [5, 5.41) is 64.5. The second-order valence-electron chi connectivity index (χ2n) is 24.0. The zero-order valence-electron chi connectivity index (χ0n) is 51.3. The van der Waals surface area contributed by atoms with Crippen LogP contribution in [0.25, 0.3) is 89.7 Å². The standard InChI is InChI=1S/C33H18N8O2.4C7H16N3.Zn/c42-33(43)23-15-7-14-22-24(23)32-40-30-21-13-6-5-12-20(21)28(38-30)36-26-17-9-2-1-8-16(17)25(34-26)35-27-18-10-3-4-11-19(18)29(37-27)39-31(22)41-32;4*1-5(2)9-7(8)10-6(3)4;/h1-15H,(H,42,43)(H2,34,35,36,37,38,39,40,41);4*5-6H,1-4H3,(H2-,8,9,10);/q;4*-1;+4. The van der Waals surface area contributed by atoms with Gasteiger partial charge in [0.1, 0.15) is 22.6 Å². The smallest absolute Gasteiger partial charge is 0.336 e. The average Bonchev–Trinajstić information content (AvgIpc) is 3.44. The van der Waals surface area contributed by atoms with Crippen molar-refractivity contribution in [2.24, 2.45) is 0 Å². The van der Waals surface area contributed by atoms with E-state index in [0.29, 0.717) is 56.7 Å². The third-order valence-corrected chi connectivity index (χ3v) is 31.4. The quantitative estimate of drug-likeness (QED) is 0.0290. The van der Waals surface area contributed by atoms with E-state index in [2.05, 4.69) is 101 Å². The second-order valence-corrected chi connectivity index (χ2v) is 33.3. The summed E-state index contributed by atoms with van der Waals surface area (Å²) in [4.78, 5) is 48.5. The first kappa shape index (κ1) is 61.5. The van der Waals surface area contributed by atoms with Crippen molar-refractivity contribution in [3.63, 3.8) is 0 Å². The van der Waals surface area contributed by atoms with E-state index in [0.717, 1.165) is 33.0 Å². The second kappa shape index (κ2) is 25.1. The molecule has 0 unspecified atom stereocenters. The SMILES string of the molecule is CC(C)NC(=N)[N](C(C)C)[Zn]([N](C(=N)NC(C)C)C(C)C)([N](C(=N)NC(C)C)C(C)C)[N](C(=N)NC(C)C)C(C)C.O=C(O)c1cccc2c3nc4nc(nc5[nH]c(nc6nc(nc([nH]3)c12)-c1ccccc1-6)c1ccccc51)-c1ccccc1-4. The van der Waals surface area contributed by atoms with Crippen LogP contribution in [0.15, 0.2) is 91.0 Å². The molecule has 5 heterocycles. The van der Waals surface area contributed by atoms with Crippen LogP contribution in [0.4, 0.5) is 0 Å². The van der Waals surface area contributed by atoms with Gasteiger partial charge >= 0.3 is 262 Å². The van der Waals surface area contributed by atoms with E-state index in [4.69, 9.17) is 29.9 Å². The Kier molecular flexibility index (Phi) is 18.4. The van der Waals surface area contributed by atoms with Crippen molar-refractivity contribution in [2.75, 3.05) is 0 Å². The van der Waals surface area contributed by atoms with E-state index in [1.165, 1.54) is 0 Å². The van der Waals surface area contributed by atoms with Crippen LogP contribution in [-0.2, 0) is 15.7 Å². The van der Waals surface area contributed by atoms with Crippen molar-refractivity contribution >= 4 is 73.9 Å². The molecule has 0 saturated carbocycles. The normalized spacial score (nSPS) is 12.2. The predicted octanol–water partition coefficient (Wildman–Crippen LogP) is 10.9. The number of hydrogen-bond acceptors (Lipinski definition) is 11. The molecule has 0 radical (unpaired) electrons. The number of nitrogens with zero attached hydrogens (tertiary/aromatic N) is 10. The fourth-order valence-corrected chi connectivity index (χ4v) is 28.8. The Balaban J connectivity index is 0.000000220. The first-order valence-electron chi connectivity index (χ1n) is 29.2. The van der Waals surface area contributed by atoms with E-state index >= 15 is 0 Å². The molecule has 0 aliphatic carbocycles. The van der Waals surface area contributed by atoms with Gasteiger partial charge in [-0.3, -0.25) is 0 Å². The van der Waals surface area contributed by atoms with Gasteiger partial charge in [-0.2, -0.15) is 0 Å². The Labute approximate surface area is 495 Å². The van der Waals surface area contributed by atoms with Crippen LogP contribution in [0.2, 0.25) is 0 Å². The van der Waals surface area contributed by atoms with Gasteiger partial charge in [0.15, 0.2) is 23.3 Å². The molecule has 23 heteroatoms. The van der Waals surface area contributed by atoms with Crippen LogP contribution in [0.1, 0.15) is 121 Å². The first-order chi connectivity index (χ1) is 39.8. The summed E-state index contributed by atoms with van der Waals surface area (Å²) in [7, 11) is 0. The zero-order valence-corrected chi connectivity index (χ0v) is 54.3. The number of aromatic carboxylic acids is 1. The van der Waals surface area contributed by atoms with Gasteiger partial charge in [-0.05, 0) is 6.07 Å². The minimum absolute atomic E-state index is 0.00327. The van der Waals surface area contributed by atoms with E-state index in [9.17, 15) is 31.5 Å². The number of carboxylic acids is 1. The molecule has 0 spiro atoms. The number of guanidine groups is 4. The Morgan fingerprint density at radius 2 is 0.679 bits per heavy atom. The van der Waals surface area contributed by atoms with Gasteiger partial charge in [-0.1, -0.05) is 84.9 Å².